The Balaban J connectivity index is 1.64. The van der Waals surface area contributed by atoms with Crippen LogP contribution in [0, 0.1) is 5.92 Å². The molecular formula is C16H22N2O2. The van der Waals surface area contributed by atoms with Gasteiger partial charge in [-0.05, 0) is 31.5 Å². The third-order valence-corrected chi connectivity index (χ3v) is 4.24. The van der Waals surface area contributed by atoms with Crippen LogP contribution in [0.2, 0.25) is 0 Å². The van der Waals surface area contributed by atoms with Crippen LogP contribution in [0.25, 0.3) is 0 Å². The van der Waals surface area contributed by atoms with Gasteiger partial charge in [-0.15, -0.1) is 0 Å². The number of amides is 1. The van der Waals surface area contributed by atoms with E-state index in [1.165, 1.54) is 0 Å². The largest absolute Gasteiger partial charge is 0.370 e. The van der Waals surface area contributed by atoms with Gasteiger partial charge in [0.05, 0.1) is 13.2 Å². The molecule has 2 aliphatic heterocycles. The molecule has 1 unspecified atom stereocenters. The second-order valence-electron chi connectivity index (χ2n) is 5.58. The summed E-state index contributed by atoms with van der Waals surface area (Å²) in [7, 11) is 0. The SMILES string of the molecule is O=C(C1CCNCC1)N1CCOC(c2ccccc2)C1. The van der Waals surface area contributed by atoms with Crippen LogP contribution in [0.5, 0.6) is 0 Å². The standard InChI is InChI=1S/C16H22N2O2/c19-16(14-6-8-17-9-7-14)18-10-11-20-15(12-18)13-4-2-1-3-5-13/h1-5,14-15,17H,6-12H2. The molecule has 2 saturated heterocycles. The molecule has 0 aromatic heterocycles. The monoisotopic (exact) mass is 274 g/mol. The molecule has 0 bridgehead atoms. The van der Waals surface area contributed by atoms with Crippen molar-refractivity contribution in [2.45, 2.75) is 18.9 Å². The maximum absolute atomic E-state index is 12.6. The highest BCUT2D eigenvalue weighted by Gasteiger charge is 2.30. The molecule has 1 amide bonds. The average molecular weight is 274 g/mol. The quantitative estimate of drug-likeness (QED) is 0.890. The number of nitrogens with one attached hydrogen (secondary N) is 1. The minimum Gasteiger partial charge on any atom is -0.370 e. The normalized spacial score (nSPS) is 24.6. The average Bonchev–Trinajstić information content (AvgIpc) is 2.56. The molecule has 2 aliphatic rings. The fraction of sp³-hybridized carbons (Fsp3) is 0.562. The number of nitrogens with zero attached hydrogens (tertiary/aromatic N) is 1. The highest BCUT2D eigenvalue weighted by atomic mass is 16.5. The molecule has 2 heterocycles. The number of hydrogen-bond acceptors (Lipinski definition) is 3. The second kappa shape index (κ2) is 6.37. The molecule has 20 heavy (non-hydrogen) atoms. The van der Waals surface area contributed by atoms with E-state index in [2.05, 4.69) is 17.4 Å². The molecule has 0 aliphatic carbocycles. The van der Waals surface area contributed by atoms with Gasteiger partial charge in [0.2, 0.25) is 5.91 Å². The Morgan fingerprint density at radius 3 is 2.70 bits per heavy atom. The lowest BCUT2D eigenvalue weighted by Gasteiger charge is -2.36. The number of piperidine rings is 1. The minimum absolute atomic E-state index is 0.0237. The Labute approximate surface area is 120 Å². The van der Waals surface area contributed by atoms with E-state index in [-0.39, 0.29) is 12.0 Å². The summed E-state index contributed by atoms with van der Waals surface area (Å²) in [6.45, 7) is 3.97. The van der Waals surface area contributed by atoms with E-state index in [0.717, 1.165) is 38.0 Å². The minimum atomic E-state index is 0.0237. The van der Waals surface area contributed by atoms with E-state index < -0.39 is 0 Å². The smallest absolute Gasteiger partial charge is 0.225 e. The summed E-state index contributed by atoms with van der Waals surface area (Å²) in [5, 5.41) is 3.31. The fourth-order valence-electron chi connectivity index (χ4n) is 3.05. The van der Waals surface area contributed by atoms with Gasteiger partial charge in [-0.2, -0.15) is 0 Å². The molecule has 0 spiro atoms. The van der Waals surface area contributed by atoms with E-state index in [4.69, 9.17) is 4.74 Å². The predicted octanol–water partition coefficient (Wildman–Crippen LogP) is 1.59. The van der Waals surface area contributed by atoms with Crippen molar-refractivity contribution < 1.29 is 9.53 Å². The Morgan fingerprint density at radius 2 is 1.95 bits per heavy atom. The summed E-state index contributed by atoms with van der Waals surface area (Å²) in [4.78, 5) is 14.6. The van der Waals surface area contributed by atoms with Crippen molar-refractivity contribution in [3.63, 3.8) is 0 Å². The molecule has 1 N–H and O–H groups in total. The van der Waals surface area contributed by atoms with Gasteiger partial charge in [0.1, 0.15) is 6.10 Å². The number of carbonyl (C=O) groups is 1. The summed E-state index contributed by atoms with van der Waals surface area (Å²) < 4.78 is 5.83. The van der Waals surface area contributed by atoms with Crippen LogP contribution in [0.4, 0.5) is 0 Å². The van der Waals surface area contributed by atoms with Crippen molar-refractivity contribution >= 4 is 5.91 Å². The maximum atomic E-state index is 12.6. The van der Waals surface area contributed by atoms with Crippen LogP contribution in [0.15, 0.2) is 30.3 Å². The summed E-state index contributed by atoms with van der Waals surface area (Å²) >= 11 is 0. The van der Waals surface area contributed by atoms with Crippen molar-refractivity contribution in [2.24, 2.45) is 5.92 Å². The molecule has 1 aromatic rings. The van der Waals surface area contributed by atoms with E-state index in [1.807, 2.05) is 23.1 Å². The van der Waals surface area contributed by atoms with Crippen LogP contribution < -0.4 is 5.32 Å². The molecule has 1 aromatic carbocycles. The van der Waals surface area contributed by atoms with Crippen molar-refractivity contribution in [2.75, 3.05) is 32.8 Å². The molecular weight excluding hydrogens is 252 g/mol. The lowest BCUT2D eigenvalue weighted by Crippen LogP contribution is -2.47. The highest BCUT2D eigenvalue weighted by Crippen LogP contribution is 2.24. The molecule has 2 fully saturated rings. The third-order valence-electron chi connectivity index (χ3n) is 4.24. The van der Waals surface area contributed by atoms with Gasteiger partial charge in [0, 0.05) is 12.5 Å². The van der Waals surface area contributed by atoms with Crippen LogP contribution >= 0.6 is 0 Å². The zero-order valence-electron chi connectivity index (χ0n) is 11.8. The summed E-state index contributed by atoms with van der Waals surface area (Å²) in [5.41, 5.74) is 1.16. The summed E-state index contributed by atoms with van der Waals surface area (Å²) in [5.74, 6) is 0.515. The Kier molecular flexibility index (Phi) is 4.33. The number of rotatable bonds is 2. The zero-order valence-corrected chi connectivity index (χ0v) is 11.8. The van der Waals surface area contributed by atoms with Gasteiger partial charge >= 0.3 is 0 Å². The van der Waals surface area contributed by atoms with E-state index >= 15 is 0 Å². The summed E-state index contributed by atoms with van der Waals surface area (Å²) in [6.07, 6.45) is 1.95. The first-order valence-electron chi connectivity index (χ1n) is 7.50. The van der Waals surface area contributed by atoms with Gasteiger partial charge in [0.15, 0.2) is 0 Å². The van der Waals surface area contributed by atoms with Gasteiger partial charge < -0.3 is 15.0 Å². The van der Waals surface area contributed by atoms with Crippen LogP contribution in [0.3, 0.4) is 0 Å². The topological polar surface area (TPSA) is 41.6 Å². The molecule has 3 rings (SSSR count). The molecule has 1 atom stereocenters. The van der Waals surface area contributed by atoms with Crippen molar-refractivity contribution in [1.82, 2.24) is 10.2 Å². The van der Waals surface area contributed by atoms with E-state index in [1.54, 1.807) is 0 Å². The Morgan fingerprint density at radius 1 is 1.20 bits per heavy atom. The first-order chi connectivity index (χ1) is 9.84. The number of benzene rings is 1. The Bertz CT molecular complexity index is 443. The molecule has 4 heteroatoms. The van der Waals surface area contributed by atoms with Crippen LogP contribution in [-0.2, 0) is 9.53 Å². The fourth-order valence-corrected chi connectivity index (χ4v) is 3.05. The number of ether oxygens (including phenoxy) is 1. The lowest BCUT2D eigenvalue weighted by molar-refractivity contribution is -0.144. The summed E-state index contributed by atoms with van der Waals surface area (Å²) in [6, 6.07) is 10.2. The first-order valence-corrected chi connectivity index (χ1v) is 7.50. The van der Waals surface area contributed by atoms with Gasteiger partial charge in [-0.25, -0.2) is 0 Å². The number of hydrogen-bond donors (Lipinski definition) is 1. The number of morpholine rings is 1. The van der Waals surface area contributed by atoms with Gasteiger partial charge in [-0.1, -0.05) is 30.3 Å². The second-order valence-corrected chi connectivity index (χ2v) is 5.58. The third kappa shape index (κ3) is 3.02. The van der Waals surface area contributed by atoms with Crippen LogP contribution in [-0.4, -0.2) is 43.6 Å². The van der Waals surface area contributed by atoms with Crippen molar-refractivity contribution in [3.8, 4) is 0 Å². The van der Waals surface area contributed by atoms with Crippen molar-refractivity contribution in [3.05, 3.63) is 35.9 Å². The van der Waals surface area contributed by atoms with E-state index in [0.29, 0.717) is 19.1 Å². The van der Waals surface area contributed by atoms with Crippen LogP contribution in [0.1, 0.15) is 24.5 Å². The first kappa shape index (κ1) is 13.6. The van der Waals surface area contributed by atoms with Crippen molar-refractivity contribution in [1.29, 1.82) is 0 Å². The lowest BCUT2D eigenvalue weighted by atomic mass is 9.96. The van der Waals surface area contributed by atoms with Gasteiger partial charge in [0.25, 0.3) is 0 Å². The predicted molar refractivity (Wildman–Crippen MR) is 77.3 cm³/mol. The van der Waals surface area contributed by atoms with E-state index in [9.17, 15) is 4.79 Å². The molecule has 0 radical (unpaired) electrons. The maximum Gasteiger partial charge on any atom is 0.225 e. The molecule has 108 valence electrons. The molecule has 0 saturated carbocycles. The Hall–Kier alpha value is -1.39. The molecule has 4 nitrogen and oxygen atoms in total. The van der Waals surface area contributed by atoms with Gasteiger partial charge in [-0.3, -0.25) is 4.79 Å². The number of carbonyl (C=O) groups excluding carboxylic acids is 1. The highest BCUT2D eigenvalue weighted by molar-refractivity contribution is 5.79. The zero-order chi connectivity index (χ0) is 13.8.